The summed E-state index contributed by atoms with van der Waals surface area (Å²) >= 11 is 0. The Kier molecular flexibility index (Phi) is 5.21. The summed E-state index contributed by atoms with van der Waals surface area (Å²) in [5.74, 6) is 0.616. The maximum Gasteiger partial charge on any atom is 0.326 e. The van der Waals surface area contributed by atoms with Gasteiger partial charge < -0.3 is 5.32 Å². The molecule has 84 valence electrons. The van der Waals surface area contributed by atoms with Gasteiger partial charge in [0.05, 0.1) is 0 Å². The average Bonchev–Trinajstić information content (AvgIpc) is 2.12. The largest absolute Gasteiger partial charge is 0.356 e. The molecule has 0 aliphatic heterocycles. The molecule has 0 heterocycles. The third kappa shape index (κ3) is 4.26. The Morgan fingerprint density at radius 2 is 2.07 bits per heavy atom. The highest BCUT2D eigenvalue weighted by Gasteiger charge is 2.40. The van der Waals surface area contributed by atoms with Crippen LogP contribution in [0.5, 0.6) is 0 Å². The molecule has 0 aromatic heterocycles. The van der Waals surface area contributed by atoms with Crippen molar-refractivity contribution >= 4 is 5.96 Å². The lowest BCUT2D eigenvalue weighted by Gasteiger charge is -2.13. The fraction of sp³-hybridized carbons (Fsp3) is 0.833. The minimum Gasteiger partial charge on any atom is -0.356 e. The predicted octanol–water partition coefficient (Wildman–Crippen LogP) is 0.316. The number of nitrogens with zero attached hydrogens (tertiary/aromatic N) is 1. The second kappa shape index (κ2) is 5.63. The van der Waals surface area contributed by atoms with Gasteiger partial charge in [-0.2, -0.15) is 8.78 Å². The molecule has 0 saturated heterocycles. The van der Waals surface area contributed by atoms with Crippen molar-refractivity contribution in [1.29, 1.82) is 0 Å². The summed E-state index contributed by atoms with van der Waals surface area (Å²) in [5.41, 5.74) is 1.98. The van der Waals surface area contributed by atoms with E-state index in [4.69, 9.17) is 5.84 Å². The first-order valence-electron chi connectivity index (χ1n) is 3.85. The van der Waals surface area contributed by atoms with Crippen LogP contribution in [0.15, 0.2) is 4.99 Å². The van der Waals surface area contributed by atoms with Crippen molar-refractivity contribution in [3.8, 4) is 0 Å². The van der Waals surface area contributed by atoms with Crippen LogP contribution in [0.1, 0.15) is 6.92 Å². The van der Waals surface area contributed by atoms with Gasteiger partial charge in [0, 0.05) is 6.54 Å². The van der Waals surface area contributed by atoms with Crippen LogP contribution in [0.2, 0.25) is 0 Å². The van der Waals surface area contributed by atoms with E-state index in [1.54, 1.807) is 6.92 Å². The van der Waals surface area contributed by atoms with E-state index in [0.29, 0.717) is 6.54 Å². The van der Waals surface area contributed by atoms with E-state index in [1.807, 2.05) is 5.43 Å². The fourth-order valence-electron chi connectivity index (χ4n) is 0.573. The van der Waals surface area contributed by atoms with Gasteiger partial charge in [0.2, 0.25) is 5.96 Å². The molecule has 0 aliphatic carbocycles. The third-order valence-corrected chi connectivity index (χ3v) is 1.25. The van der Waals surface area contributed by atoms with Crippen LogP contribution in [0.3, 0.4) is 0 Å². The summed E-state index contributed by atoms with van der Waals surface area (Å²) in [5, 5.41) is 2.48. The van der Waals surface area contributed by atoms with Crippen LogP contribution in [0.4, 0.5) is 17.6 Å². The van der Waals surface area contributed by atoms with Crippen LogP contribution in [-0.4, -0.2) is 31.4 Å². The van der Waals surface area contributed by atoms with E-state index in [2.05, 4.69) is 10.3 Å². The second-order valence-corrected chi connectivity index (χ2v) is 2.40. The summed E-state index contributed by atoms with van der Waals surface area (Å²) in [7, 11) is 0. The highest BCUT2D eigenvalue weighted by Crippen LogP contribution is 2.22. The first-order valence-corrected chi connectivity index (χ1v) is 3.85. The molecular weight excluding hydrogens is 204 g/mol. The van der Waals surface area contributed by atoms with Crippen LogP contribution < -0.4 is 16.6 Å². The maximum absolute atomic E-state index is 12.3. The summed E-state index contributed by atoms with van der Waals surface area (Å²) in [6.07, 6.45) is -3.73. The molecule has 0 rings (SSSR count). The molecule has 0 unspecified atom stereocenters. The number of nitrogens with one attached hydrogen (secondary N) is 2. The smallest absolute Gasteiger partial charge is 0.326 e. The van der Waals surface area contributed by atoms with Crippen LogP contribution in [0.25, 0.3) is 0 Å². The Balaban J connectivity index is 4.23. The normalized spacial score (nSPS) is 13.2. The zero-order valence-electron chi connectivity index (χ0n) is 7.53. The number of halogens is 4. The average molecular weight is 216 g/mol. The molecular formula is C6H12F4N4. The second-order valence-electron chi connectivity index (χ2n) is 2.40. The van der Waals surface area contributed by atoms with Gasteiger partial charge in [-0.05, 0) is 6.92 Å². The van der Waals surface area contributed by atoms with Gasteiger partial charge in [-0.15, -0.1) is 0 Å². The summed E-state index contributed by atoms with van der Waals surface area (Å²) in [4.78, 5) is 3.16. The number of hydrogen-bond acceptors (Lipinski definition) is 2. The Morgan fingerprint density at radius 3 is 2.43 bits per heavy atom. The summed E-state index contributed by atoms with van der Waals surface area (Å²) < 4.78 is 48.0. The van der Waals surface area contributed by atoms with Gasteiger partial charge >= 0.3 is 12.3 Å². The van der Waals surface area contributed by atoms with Crippen molar-refractivity contribution in [3.05, 3.63) is 0 Å². The Bertz CT molecular complexity index is 194. The number of aliphatic imine (C=N–C) groups is 1. The lowest BCUT2D eigenvalue weighted by molar-refractivity contribution is -0.120. The zero-order valence-corrected chi connectivity index (χ0v) is 7.53. The number of alkyl halides is 4. The van der Waals surface area contributed by atoms with Crippen LogP contribution in [-0.2, 0) is 0 Å². The monoisotopic (exact) mass is 216 g/mol. The minimum absolute atomic E-state index is 0.146. The van der Waals surface area contributed by atoms with Crippen molar-refractivity contribution in [2.75, 3.05) is 13.1 Å². The van der Waals surface area contributed by atoms with Gasteiger partial charge in [-0.3, -0.25) is 5.43 Å². The van der Waals surface area contributed by atoms with E-state index >= 15 is 0 Å². The fourth-order valence-corrected chi connectivity index (χ4v) is 0.573. The maximum atomic E-state index is 12.3. The molecule has 0 fully saturated rings. The molecule has 14 heavy (non-hydrogen) atoms. The Labute approximate surface area is 78.5 Å². The SMILES string of the molecule is CCNC(=NCC(F)(F)C(F)F)NN. The number of nitrogens with two attached hydrogens (primary N) is 1. The minimum atomic E-state index is -4.13. The van der Waals surface area contributed by atoms with E-state index in [-0.39, 0.29) is 5.96 Å². The standard InChI is InChI=1S/C6H12F4N4/c1-2-12-5(14-11)13-3-6(9,10)4(7)8/h4H,2-3,11H2,1H3,(H2,12,13,14). The predicted molar refractivity (Wildman–Crippen MR) is 44.3 cm³/mol. The highest BCUT2D eigenvalue weighted by molar-refractivity contribution is 5.79. The van der Waals surface area contributed by atoms with Crippen molar-refractivity contribution in [1.82, 2.24) is 10.7 Å². The topological polar surface area (TPSA) is 62.4 Å². The van der Waals surface area contributed by atoms with E-state index in [0.717, 1.165) is 0 Å². The van der Waals surface area contributed by atoms with Gasteiger partial charge in [-0.25, -0.2) is 19.6 Å². The first-order chi connectivity index (χ1) is 6.44. The van der Waals surface area contributed by atoms with Gasteiger partial charge in [0.15, 0.2) is 0 Å². The number of hydrogen-bond donors (Lipinski definition) is 3. The van der Waals surface area contributed by atoms with Crippen molar-refractivity contribution in [3.63, 3.8) is 0 Å². The number of rotatable bonds is 4. The quantitative estimate of drug-likeness (QED) is 0.208. The first kappa shape index (κ1) is 12.9. The Hall–Kier alpha value is -1.05. The van der Waals surface area contributed by atoms with Crippen molar-refractivity contribution in [2.24, 2.45) is 10.8 Å². The molecule has 0 spiro atoms. The molecule has 0 saturated carbocycles. The van der Waals surface area contributed by atoms with Gasteiger partial charge in [0.1, 0.15) is 6.54 Å². The molecule has 8 heteroatoms. The molecule has 4 nitrogen and oxygen atoms in total. The summed E-state index contributed by atoms with van der Waals surface area (Å²) in [6.45, 7) is 0.762. The molecule has 0 amide bonds. The van der Waals surface area contributed by atoms with E-state index in [9.17, 15) is 17.6 Å². The molecule has 4 N–H and O–H groups in total. The van der Waals surface area contributed by atoms with E-state index in [1.165, 1.54) is 0 Å². The molecule has 0 aromatic rings. The lowest BCUT2D eigenvalue weighted by Crippen LogP contribution is -2.43. The van der Waals surface area contributed by atoms with Crippen LogP contribution in [0, 0.1) is 0 Å². The highest BCUT2D eigenvalue weighted by atomic mass is 19.3. The van der Waals surface area contributed by atoms with Crippen molar-refractivity contribution < 1.29 is 17.6 Å². The molecule has 0 radical (unpaired) electrons. The zero-order chi connectivity index (χ0) is 11.2. The lowest BCUT2D eigenvalue weighted by atomic mass is 10.3. The Morgan fingerprint density at radius 1 is 1.50 bits per heavy atom. The molecule has 0 aliphatic rings. The van der Waals surface area contributed by atoms with Gasteiger partial charge in [-0.1, -0.05) is 0 Å². The molecule has 0 atom stereocenters. The van der Waals surface area contributed by atoms with Crippen LogP contribution >= 0.6 is 0 Å². The third-order valence-electron chi connectivity index (χ3n) is 1.25. The van der Waals surface area contributed by atoms with Crippen molar-refractivity contribution in [2.45, 2.75) is 19.3 Å². The summed E-state index contributed by atoms with van der Waals surface area (Å²) in [6, 6.07) is 0. The number of guanidine groups is 1. The molecule has 0 aromatic carbocycles. The van der Waals surface area contributed by atoms with E-state index < -0.39 is 18.9 Å². The van der Waals surface area contributed by atoms with Gasteiger partial charge in [0.25, 0.3) is 0 Å². The number of hydrazine groups is 1. The molecule has 0 bridgehead atoms.